The van der Waals surface area contributed by atoms with Crippen molar-refractivity contribution in [2.45, 2.75) is 0 Å². The first kappa shape index (κ1) is 15.4. The lowest BCUT2D eigenvalue weighted by Crippen LogP contribution is -2.08. The molecule has 0 unspecified atom stereocenters. The molecule has 20 heavy (non-hydrogen) atoms. The quantitative estimate of drug-likeness (QED) is 0.512. The molecule has 2 aromatic rings. The number of ether oxygens (including phenoxy) is 2. The molecule has 2 aromatic carbocycles. The maximum Gasteiger partial charge on any atom is 0.343 e. The minimum atomic E-state index is -0.488. The smallest absolute Gasteiger partial charge is 0.343 e. The largest absolute Gasteiger partial charge is 0.496 e. The normalized spacial score (nSPS) is 10.2. The van der Waals surface area contributed by atoms with E-state index in [1.807, 2.05) is 0 Å². The first-order chi connectivity index (χ1) is 9.51. The van der Waals surface area contributed by atoms with E-state index in [1.54, 1.807) is 43.5 Å². The summed E-state index contributed by atoms with van der Waals surface area (Å²) in [6.45, 7) is 0. The minimum absolute atomic E-state index is 0.312. The van der Waals surface area contributed by atoms with Crippen LogP contribution in [0.5, 0.6) is 11.5 Å². The molecule has 3 nitrogen and oxygen atoms in total. The summed E-state index contributed by atoms with van der Waals surface area (Å²) in [7, 11) is 1.56. The van der Waals surface area contributed by atoms with Gasteiger partial charge in [-0.3, -0.25) is 0 Å². The minimum Gasteiger partial charge on any atom is -0.496 e. The van der Waals surface area contributed by atoms with E-state index >= 15 is 0 Å². The Morgan fingerprint density at radius 3 is 2.40 bits per heavy atom. The Bertz CT molecular complexity index is 659. The van der Waals surface area contributed by atoms with Crippen LogP contribution in [0.3, 0.4) is 0 Å². The number of halogens is 3. The number of rotatable bonds is 3. The topological polar surface area (TPSA) is 35.5 Å². The summed E-state index contributed by atoms with van der Waals surface area (Å²) >= 11 is 12.6. The van der Waals surface area contributed by atoms with Crippen molar-refractivity contribution in [3.8, 4) is 11.5 Å². The molecule has 0 saturated heterocycles. The van der Waals surface area contributed by atoms with Crippen molar-refractivity contribution in [2.24, 2.45) is 0 Å². The fourth-order valence-corrected chi connectivity index (χ4v) is 2.76. The van der Waals surface area contributed by atoms with Crippen molar-refractivity contribution in [2.75, 3.05) is 7.11 Å². The summed E-state index contributed by atoms with van der Waals surface area (Å²) in [4.78, 5) is 12.0. The summed E-state index contributed by atoms with van der Waals surface area (Å²) < 4.78 is 11.9. The first-order valence-corrected chi connectivity index (χ1v) is 7.48. The lowest BCUT2D eigenvalue weighted by atomic mass is 10.2. The molecule has 0 aliphatic heterocycles. The first-order valence-electron chi connectivity index (χ1n) is 5.52. The van der Waals surface area contributed by atoms with Crippen LogP contribution in [-0.4, -0.2) is 13.1 Å². The fraction of sp³-hybridized carbons (Fsp3) is 0.0714. The third kappa shape index (κ3) is 3.53. The highest BCUT2D eigenvalue weighted by Crippen LogP contribution is 2.30. The summed E-state index contributed by atoms with van der Waals surface area (Å²) in [6, 6.07) is 9.98. The predicted molar refractivity (Wildman–Crippen MR) is 84.8 cm³/mol. The Balaban J connectivity index is 2.21. The van der Waals surface area contributed by atoms with Gasteiger partial charge in [-0.25, -0.2) is 4.79 Å². The molecule has 0 N–H and O–H groups in total. The molecule has 0 heterocycles. The lowest BCUT2D eigenvalue weighted by Gasteiger charge is -2.08. The van der Waals surface area contributed by atoms with Crippen LogP contribution in [0.1, 0.15) is 10.4 Å². The molecule has 0 fully saturated rings. The third-order valence-corrected chi connectivity index (χ3v) is 3.89. The molecule has 0 aromatic heterocycles. The molecule has 0 amide bonds. The Labute approximate surface area is 138 Å². The highest BCUT2D eigenvalue weighted by Gasteiger charge is 2.13. The van der Waals surface area contributed by atoms with Crippen LogP contribution < -0.4 is 9.47 Å². The third-order valence-electron chi connectivity index (χ3n) is 2.48. The molecule has 0 atom stereocenters. The zero-order valence-corrected chi connectivity index (χ0v) is 14.3. The molecule has 6 heteroatoms. The van der Waals surface area contributed by atoms with Crippen molar-refractivity contribution < 1.29 is 14.3 Å². The maximum atomic E-state index is 12.0. The molecule has 2 rings (SSSR count). The van der Waals surface area contributed by atoms with Crippen LogP contribution in [0.15, 0.2) is 45.3 Å². The number of carbonyl (C=O) groups excluding carboxylic acids is 1. The Kier molecular flexibility index (Phi) is 5.07. The van der Waals surface area contributed by atoms with Crippen LogP contribution in [0.2, 0.25) is 5.02 Å². The zero-order chi connectivity index (χ0) is 14.7. The second kappa shape index (κ2) is 6.61. The van der Waals surface area contributed by atoms with Gasteiger partial charge in [-0.05, 0) is 52.3 Å². The Morgan fingerprint density at radius 2 is 1.80 bits per heavy atom. The fourth-order valence-electron chi connectivity index (χ4n) is 1.51. The second-order valence-corrected chi connectivity index (χ2v) is 5.99. The van der Waals surface area contributed by atoms with E-state index in [2.05, 4.69) is 31.9 Å². The van der Waals surface area contributed by atoms with Gasteiger partial charge in [-0.2, -0.15) is 0 Å². The summed E-state index contributed by atoms with van der Waals surface area (Å²) in [6.07, 6.45) is 0. The van der Waals surface area contributed by atoms with E-state index < -0.39 is 5.97 Å². The summed E-state index contributed by atoms with van der Waals surface area (Å²) in [5.41, 5.74) is 0.400. The van der Waals surface area contributed by atoms with E-state index in [4.69, 9.17) is 21.1 Å². The number of hydrogen-bond donors (Lipinski definition) is 0. The van der Waals surface area contributed by atoms with Gasteiger partial charge in [0.2, 0.25) is 0 Å². The number of esters is 1. The average Bonchev–Trinajstić information content (AvgIpc) is 2.41. The standard InChI is InChI=1S/C14H9Br2ClO3/c1-19-12-4-2-8(6-10(12)16)14(18)20-13-5-3-9(15)7-11(13)17/h2-7H,1H3. The van der Waals surface area contributed by atoms with Crippen molar-refractivity contribution in [1.29, 1.82) is 0 Å². The van der Waals surface area contributed by atoms with E-state index in [0.29, 0.717) is 26.6 Å². The van der Waals surface area contributed by atoms with Gasteiger partial charge in [0.1, 0.15) is 11.5 Å². The summed E-state index contributed by atoms with van der Waals surface area (Å²) in [5.74, 6) is 0.465. The van der Waals surface area contributed by atoms with Crippen LogP contribution in [-0.2, 0) is 0 Å². The molecule has 0 saturated carbocycles. The average molecular weight is 420 g/mol. The van der Waals surface area contributed by atoms with E-state index in [0.717, 1.165) is 4.47 Å². The molecule has 104 valence electrons. The van der Waals surface area contributed by atoms with Crippen molar-refractivity contribution in [1.82, 2.24) is 0 Å². The van der Waals surface area contributed by atoms with Crippen molar-refractivity contribution in [3.63, 3.8) is 0 Å². The van der Waals surface area contributed by atoms with Gasteiger partial charge in [0.25, 0.3) is 0 Å². The lowest BCUT2D eigenvalue weighted by molar-refractivity contribution is 0.0734. The van der Waals surface area contributed by atoms with Crippen LogP contribution in [0.25, 0.3) is 0 Å². The number of methoxy groups -OCH3 is 1. The van der Waals surface area contributed by atoms with Gasteiger partial charge >= 0.3 is 5.97 Å². The predicted octanol–water partition coefficient (Wildman–Crippen LogP) is 5.09. The Hall–Kier alpha value is -1.04. The Morgan fingerprint density at radius 1 is 1.10 bits per heavy atom. The molecule has 0 radical (unpaired) electrons. The van der Waals surface area contributed by atoms with Gasteiger partial charge in [0.15, 0.2) is 0 Å². The number of benzene rings is 2. The molecule has 0 bridgehead atoms. The highest BCUT2D eigenvalue weighted by molar-refractivity contribution is 9.10. The van der Waals surface area contributed by atoms with Crippen molar-refractivity contribution in [3.05, 3.63) is 55.9 Å². The van der Waals surface area contributed by atoms with Crippen molar-refractivity contribution >= 4 is 49.4 Å². The zero-order valence-electron chi connectivity index (χ0n) is 10.3. The van der Waals surface area contributed by atoms with E-state index in [-0.39, 0.29) is 0 Å². The van der Waals surface area contributed by atoms with Gasteiger partial charge in [0, 0.05) is 4.47 Å². The molecule has 0 spiro atoms. The van der Waals surface area contributed by atoms with Gasteiger partial charge in [-0.1, -0.05) is 27.5 Å². The highest BCUT2D eigenvalue weighted by atomic mass is 79.9. The molecule has 0 aliphatic rings. The summed E-state index contributed by atoms with van der Waals surface area (Å²) in [5, 5.41) is 0.361. The van der Waals surface area contributed by atoms with Gasteiger partial charge in [-0.15, -0.1) is 0 Å². The van der Waals surface area contributed by atoms with Gasteiger partial charge < -0.3 is 9.47 Å². The monoisotopic (exact) mass is 418 g/mol. The second-order valence-electron chi connectivity index (χ2n) is 3.81. The van der Waals surface area contributed by atoms with Crippen LogP contribution in [0, 0.1) is 0 Å². The van der Waals surface area contributed by atoms with E-state index in [1.165, 1.54) is 0 Å². The molecular weight excluding hydrogens is 411 g/mol. The molecule has 0 aliphatic carbocycles. The van der Waals surface area contributed by atoms with Crippen LogP contribution >= 0.6 is 43.5 Å². The number of hydrogen-bond acceptors (Lipinski definition) is 3. The van der Waals surface area contributed by atoms with E-state index in [9.17, 15) is 4.79 Å². The van der Waals surface area contributed by atoms with Gasteiger partial charge in [0.05, 0.1) is 22.2 Å². The SMILES string of the molecule is COc1ccc(C(=O)Oc2ccc(Br)cc2Cl)cc1Br. The molecular formula is C14H9Br2ClO3. The van der Waals surface area contributed by atoms with Crippen LogP contribution in [0.4, 0.5) is 0 Å². The number of carbonyl (C=O) groups is 1. The maximum absolute atomic E-state index is 12.0.